The summed E-state index contributed by atoms with van der Waals surface area (Å²) in [6.45, 7) is 2.28. The van der Waals surface area contributed by atoms with Gasteiger partial charge in [0.05, 0.1) is 0 Å². The topological polar surface area (TPSA) is 0 Å². The third kappa shape index (κ3) is 5.69. The van der Waals surface area contributed by atoms with Crippen molar-refractivity contribution in [3.8, 4) is 0 Å². The molecule has 0 fully saturated rings. The summed E-state index contributed by atoms with van der Waals surface area (Å²) < 4.78 is 0.528. The summed E-state index contributed by atoms with van der Waals surface area (Å²) >= 11 is 19.7. The molecule has 7 heteroatoms. The quantitative estimate of drug-likeness (QED) is 0.272. The van der Waals surface area contributed by atoms with Crippen LogP contribution in [0.2, 0.25) is 6.04 Å². The number of hydrogen-bond donors (Lipinski definition) is 0. The van der Waals surface area contributed by atoms with Gasteiger partial charge in [-0.1, -0.05) is 0 Å². The van der Waals surface area contributed by atoms with Crippen molar-refractivity contribution in [3.05, 3.63) is 81.4 Å². The van der Waals surface area contributed by atoms with Crippen LogP contribution in [0, 0.1) is 0 Å². The summed E-state index contributed by atoms with van der Waals surface area (Å²) in [5, 5.41) is 0. The predicted molar refractivity (Wildman–Crippen MR) is 121 cm³/mol. The van der Waals surface area contributed by atoms with Gasteiger partial charge in [-0.3, -0.25) is 0 Å². The Kier molecular flexibility index (Phi) is 9.85. The van der Waals surface area contributed by atoms with Crippen LogP contribution in [0.3, 0.4) is 0 Å². The van der Waals surface area contributed by atoms with Gasteiger partial charge in [-0.25, -0.2) is 0 Å². The molecule has 0 saturated heterocycles. The fourth-order valence-corrected chi connectivity index (χ4v) is 7.90. The molecule has 0 amide bonds. The summed E-state index contributed by atoms with van der Waals surface area (Å²) in [6.07, 6.45) is 7.96. The van der Waals surface area contributed by atoms with E-state index < -0.39 is 6.00 Å². The second-order valence-corrected chi connectivity index (χ2v) is 18.5. The Balaban J connectivity index is 0.00000160. The van der Waals surface area contributed by atoms with E-state index in [0.29, 0.717) is 9.54 Å². The molecule has 0 nitrogen and oxygen atoms in total. The first-order chi connectivity index (χ1) is 13.3. The number of hydrogen-bond acceptors (Lipinski definition) is 0. The Hall–Kier alpha value is 0.470. The van der Waals surface area contributed by atoms with Gasteiger partial charge in [-0.05, 0) is 0 Å². The molecule has 0 N–H and O–H groups in total. The van der Waals surface area contributed by atoms with E-state index in [-0.39, 0.29) is 24.8 Å². The predicted octanol–water partition coefficient (Wildman–Crippen LogP) is 1.86. The number of rotatable bonds is 6. The van der Waals surface area contributed by atoms with Crippen LogP contribution in [0.5, 0.6) is 0 Å². The Labute approximate surface area is 222 Å². The largest absolute Gasteiger partial charge is 1.00 e. The summed E-state index contributed by atoms with van der Waals surface area (Å²) in [4.78, 5) is 0. The van der Waals surface area contributed by atoms with E-state index in [0.717, 1.165) is 25.3 Å². The molecule has 0 saturated carbocycles. The number of benzene rings is 2. The van der Waals surface area contributed by atoms with Crippen molar-refractivity contribution in [3.63, 3.8) is 0 Å². The molecule has 2 aliphatic carbocycles. The Bertz CT molecular complexity index is 964. The zero-order valence-corrected chi connectivity index (χ0v) is 23.8. The van der Waals surface area contributed by atoms with Gasteiger partial charge in [0.15, 0.2) is 0 Å². The van der Waals surface area contributed by atoms with E-state index in [9.17, 15) is 0 Å². The SMILES string of the molecule is CC1=Cc2ccccc2C1C1=Cc2cccc(CCCC[Si](Cl)(Cl)Cl)c2[CH]1[Zr+2].[Cl-].[Cl-]. The maximum Gasteiger partial charge on any atom is -1.00 e. The maximum absolute atomic E-state index is 6.04. The van der Waals surface area contributed by atoms with E-state index in [1.807, 2.05) is 0 Å². The molecule has 157 valence electrons. The van der Waals surface area contributed by atoms with Crippen LogP contribution < -0.4 is 24.8 Å². The molecule has 2 aromatic rings. The van der Waals surface area contributed by atoms with E-state index >= 15 is 0 Å². The molecule has 0 heterocycles. The molecule has 2 aromatic carbocycles. The van der Waals surface area contributed by atoms with Gasteiger partial charge >= 0.3 is 199 Å². The van der Waals surface area contributed by atoms with Crippen molar-refractivity contribution >= 4 is 51.4 Å². The first-order valence-electron chi connectivity index (χ1n) is 9.73. The number of unbranched alkanes of at least 4 members (excludes halogenated alkanes) is 1. The van der Waals surface area contributed by atoms with Crippen molar-refractivity contribution in [1.29, 1.82) is 0 Å². The molecule has 4 rings (SSSR count). The van der Waals surface area contributed by atoms with Gasteiger partial charge in [0.25, 0.3) is 0 Å². The van der Waals surface area contributed by atoms with Gasteiger partial charge in [0.2, 0.25) is 0 Å². The number of aryl methyl sites for hydroxylation is 1. The van der Waals surface area contributed by atoms with E-state index in [1.165, 1.54) is 27.8 Å². The van der Waals surface area contributed by atoms with E-state index in [1.54, 1.807) is 35.9 Å². The Morgan fingerprint density at radius 2 is 1.60 bits per heavy atom. The fraction of sp³-hybridized carbons (Fsp3) is 0.304. The standard InChI is InChI=1S/C23H22Cl3Si.2ClH.Zr/c1-16-13-18-8-2-3-11-21(18)23(16)20-14-19-10-6-9-17(22(19)15-20)7-4-5-12-27(24,25)26;;;/h2-3,6,8-11,13-15,23H,4-5,7,12H2,1H3;2*1H;/q;;;+2/p-2. The Morgan fingerprint density at radius 3 is 2.33 bits per heavy atom. The molecule has 30 heavy (non-hydrogen) atoms. The van der Waals surface area contributed by atoms with E-state index in [4.69, 9.17) is 33.2 Å². The first-order valence-corrected chi connectivity index (χ1v) is 16.4. The van der Waals surface area contributed by atoms with Crippen LogP contribution >= 0.6 is 33.2 Å². The van der Waals surface area contributed by atoms with Gasteiger partial charge in [0, 0.05) is 0 Å². The third-order valence-corrected chi connectivity index (χ3v) is 9.96. The molecule has 2 unspecified atom stereocenters. The van der Waals surface area contributed by atoms with Crippen LogP contribution in [0.25, 0.3) is 12.2 Å². The first kappa shape index (κ1) is 26.7. The summed E-state index contributed by atoms with van der Waals surface area (Å²) in [6, 6.07) is 13.9. The number of fused-ring (bicyclic) bond motifs is 2. The summed E-state index contributed by atoms with van der Waals surface area (Å²) in [7, 11) is 0. The number of halogens is 5. The fourth-order valence-electron chi connectivity index (χ4n) is 4.57. The molecule has 0 aromatic heterocycles. The second kappa shape index (κ2) is 11.1. The smallest absolute Gasteiger partial charge is 1.00 e. The van der Waals surface area contributed by atoms with Crippen LogP contribution in [-0.4, -0.2) is 6.00 Å². The minimum absolute atomic E-state index is 0. The monoisotopic (exact) mass is 591 g/mol. The molecule has 2 aliphatic rings. The molecule has 0 spiro atoms. The van der Waals surface area contributed by atoms with Crippen LogP contribution in [0.4, 0.5) is 0 Å². The summed E-state index contributed by atoms with van der Waals surface area (Å²) in [5.41, 5.74) is 10.3. The van der Waals surface area contributed by atoms with Gasteiger partial charge in [-0.2, -0.15) is 0 Å². The third-order valence-electron chi connectivity index (χ3n) is 5.81. The van der Waals surface area contributed by atoms with Crippen molar-refractivity contribution < 1.29 is 49.5 Å². The van der Waals surface area contributed by atoms with Gasteiger partial charge < -0.3 is 24.8 Å². The zero-order chi connectivity index (χ0) is 19.9. The van der Waals surface area contributed by atoms with Crippen molar-refractivity contribution in [2.24, 2.45) is 0 Å². The van der Waals surface area contributed by atoms with E-state index in [2.05, 4.69) is 61.5 Å². The maximum atomic E-state index is 6.04. The summed E-state index contributed by atoms with van der Waals surface area (Å²) in [5.74, 6) is 0.427. The average molecular weight is 595 g/mol. The molecule has 2 atom stereocenters. The van der Waals surface area contributed by atoms with Crippen LogP contribution in [0.1, 0.15) is 57.1 Å². The van der Waals surface area contributed by atoms with Crippen molar-refractivity contribution in [2.45, 2.75) is 41.8 Å². The van der Waals surface area contributed by atoms with Crippen molar-refractivity contribution in [1.82, 2.24) is 0 Å². The minimum atomic E-state index is -2.50. The molecule has 0 radical (unpaired) electrons. The second-order valence-electron chi connectivity index (χ2n) is 7.77. The minimum Gasteiger partial charge on any atom is -1.00 e. The normalized spacial score (nSPS) is 19.3. The molecular weight excluding hydrogens is 573 g/mol. The van der Waals surface area contributed by atoms with Crippen LogP contribution in [0.15, 0.2) is 53.6 Å². The molecule has 0 bridgehead atoms. The number of allylic oxidation sites excluding steroid dienone is 2. The van der Waals surface area contributed by atoms with Gasteiger partial charge in [0.1, 0.15) is 0 Å². The van der Waals surface area contributed by atoms with Crippen LogP contribution in [-0.2, 0) is 31.1 Å². The Morgan fingerprint density at radius 1 is 0.900 bits per heavy atom. The van der Waals surface area contributed by atoms with Crippen molar-refractivity contribution in [2.75, 3.05) is 0 Å². The average Bonchev–Trinajstić information content (AvgIpc) is 3.14. The van der Waals surface area contributed by atoms with Gasteiger partial charge in [-0.15, -0.1) is 0 Å². The molecular formula is C23H22Cl5SiZr. The zero-order valence-electron chi connectivity index (χ0n) is 16.6. The molecule has 0 aliphatic heterocycles.